The van der Waals surface area contributed by atoms with Crippen molar-refractivity contribution in [3.8, 4) is 0 Å². The number of halogens is 1. The number of rotatable bonds is 0. The van der Waals surface area contributed by atoms with E-state index in [0.29, 0.717) is 0 Å². The second kappa shape index (κ2) is 3.02. The van der Waals surface area contributed by atoms with Gasteiger partial charge in [0, 0.05) is 22.6 Å². The third-order valence-corrected chi connectivity index (χ3v) is 3.35. The first kappa shape index (κ1) is 9.59. The Kier molecular flexibility index (Phi) is 2.07. The van der Waals surface area contributed by atoms with Crippen LogP contribution < -0.4 is 5.73 Å². The van der Waals surface area contributed by atoms with Crippen molar-refractivity contribution in [2.24, 2.45) is 7.05 Å². The van der Waals surface area contributed by atoms with E-state index in [-0.39, 0.29) is 0 Å². The zero-order valence-corrected chi connectivity index (χ0v) is 10.1. The van der Waals surface area contributed by atoms with Crippen LogP contribution in [0.2, 0.25) is 0 Å². The molecule has 0 saturated carbocycles. The summed E-state index contributed by atoms with van der Waals surface area (Å²) in [6.07, 6.45) is 0. The van der Waals surface area contributed by atoms with Gasteiger partial charge in [0.05, 0.1) is 11.2 Å². The summed E-state index contributed by atoms with van der Waals surface area (Å²) in [6, 6.07) is 4.06. The summed E-state index contributed by atoms with van der Waals surface area (Å²) in [5.74, 6) is 0. The van der Waals surface area contributed by atoms with E-state index in [0.717, 1.165) is 15.7 Å². The monoisotopic (exact) mass is 252 g/mol. The Morgan fingerprint density at radius 3 is 2.57 bits per heavy atom. The normalized spacial score (nSPS) is 11.1. The lowest BCUT2D eigenvalue weighted by Crippen LogP contribution is -1.94. The van der Waals surface area contributed by atoms with Crippen LogP contribution in [0.15, 0.2) is 16.6 Å². The Labute approximate surface area is 91.8 Å². The lowest BCUT2D eigenvalue weighted by Gasteiger charge is -2.02. The minimum atomic E-state index is 0.827. The number of benzene rings is 1. The molecule has 1 aromatic carbocycles. The van der Waals surface area contributed by atoms with E-state index >= 15 is 0 Å². The maximum atomic E-state index is 5.99. The van der Waals surface area contributed by atoms with Gasteiger partial charge in [-0.1, -0.05) is 15.9 Å². The number of aryl methyl sites for hydroxylation is 2. The van der Waals surface area contributed by atoms with Crippen molar-refractivity contribution in [1.29, 1.82) is 0 Å². The van der Waals surface area contributed by atoms with Crippen molar-refractivity contribution in [3.63, 3.8) is 0 Å². The molecular formula is C11H13BrN2. The van der Waals surface area contributed by atoms with E-state index in [1.54, 1.807) is 0 Å². The summed E-state index contributed by atoms with van der Waals surface area (Å²) in [5.41, 5.74) is 10.5. The molecule has 2 nitrogen and oxygen atoms in total. The van der Waals surface area contributed by atoms with Gasteiger partial charge in [0.2, 0.25) is 0 Å². The molecule has 1 heterocycles. The van der Waals surface area contributed by atoms with Crippen molar-refractivity contribution >= 4 is 32.5 Å². The molecule has 74 valence electrons. The molecule has 0 radical (unpaired) electrons. The van der Waals surface area contributed by atoms with Gasteiger partial charge in [-0.05, 0) is 31.5 Å². The average Bonchev–Trinajstić information content (AvgIpc) is 2.31. The summed E-state index contributed by atoms with van der Waals surface area (Å²) < 4.78 is 3.18. The Morgan fingerprint density at radius 2 is 1.93 bits per heavy atom. The van der Waals surface area contributed by atoms with Crippen LogP contribution in [-0.2, 0) is 7.05 Å². The summed E-state index contributed by atoms with van der Waals surface area (Å²) in [4.78, 5) is 0. The molecule has 0 aliphatic rings. The van der Waals surface area contributed by atoms with Crippen LogP contribution in [0.5, 0.6) is 0 Å². The number of hydrogen-bond acceptors (Lipinski definition) is 1. The Morgan fingerprint density at radius 1 is 1.29 bits per heavy atom. The van der Waals surface area contributed by atoms with Gasteiger partial charge >= 0.3 is 0 Å². The molecule has 14 heavy (non-hydrogen) atoms. The average molecular weight is 253 g/mol. The van der Waals surface area contributed by atoms with Crippen LogP contribution in [0, 0.1) is 13.8 Å². The van der Waals surface area contributed by atoms with Gasteiger partial charge in [0.1, 0.15) is 0 Å². The molecule has 0 spiro atoms. The molecule has 3 heteroatoms. The third-order valence-electron chi connectivity index (χ3n) is 2.89. The first-order chi connectivity index (χ1) is 6.52. The summed E-state index contributed by atoms with van der Waals surface area (Å²) >= 11 is 3.46. The molecule has 0 atom stereocenters. The van der Waals surface area contributed by atoms with Crippen LogP contribution in [0.25, 0.3) is 10.9 Å². The fourth-order valence-electron chi connectivity index (χ4n) is 1.89. The molecule has 0 fully saturated rings. The van der Waals surface area contributed by atoms with Crippen molar-refractivity contribution in [1.82, 2.24) is 4.57 Å². The lowest BCUT2D eigenvalue weighted by atomic mass is 10.1. The molecule has 2 N–H and O–H groups in total. The molecule has 0 amide bonds. The number of nitrogens with two attached hydrogens (primary N) is 1. The predicted molar refractivity (Wildman–Crippen MR) is 64.5 cm³/mol. The molecule has 2 rings (SSSR count). The Balaban J connectivity index is 3.02. The van der Waals surface area contributed by atoms with Gasteiger partial charge < -0.3 is 10.3 Å². The number of anilines is 1. The molecule has 0 unspecified atom stereocenters. The molecule has 0 saturated heterocycles. The fourth-order valence-corrected chi connectivity index (χ4v) is 2.37. The fraction of sp³-hybridized carbons (Fsp3) is 0.273. The van der Waals surface area contributed by atoms with Crippen molar-refractivity contribution in [2.75, 3.05) is 5.73 Å². The highest BCUT2D eigenvalue weighted by Crippen LogP contribution is 2.31. The highest BCUT2D eigenvalue weighted by atomic mass is 79.9. The second-order valence-corrected chi connectivity index (χ2v) is 4.58. The third kappa shape index (κ3) is 1.16. The van der Waals surface area contributed by atoms with Crippen LogP contribution in [-0.4, -0.2) is 4.57 Å². The minimum Gasteiger partial charge on any atom is -0.397 e. The number of fused-ring (bicyclic) bond motifs is 1. The van der Waals surface area contributed by atoms with E-state index in [1.165, 1.54) is 16.6 Å². The summed E-state index contributed by atoms with van der Waals surface area (Å²) in [5, 5.41) is 1.23. The number of nitrogen functional groups attached to an aromatic ring is 1. The molecule has 1 aromatic heterocycles. The van der Waals surface area contributed by atoms with E-state index in [2.05, 4.69) is 47.5 Å². The van der Waals surface area contributed by atoms with Crippen molar-refractivity contribution in [3.05, 3.63) is 27.9 Å². The standard InChI is InChI=1S/C11H13BrN2/c1-6-7(2)14(3)11-9(6)4-8(12)5-10(11)13/h4-5H,13H2,1-3H3. The minimum absolute atomic E-state index is 0.827. The van der Waals surface area contributed by atoms with Crippen LogP contribution in [0.4, 0.5) is 5.69 Å². The Bertz CT molecular complexity index is 512. The largest absolute Gasteiger partial charge is 0.397 e. The quantitative estimate of drug-likeness (QED) is 0.718. The van der Waals surface area contributed by atoms with E-state index in [4.69, 9.17) is 5.73 Å². The topological polar surface area (TPSA) is 30.9 Å². The SMILES string of the molecule is Cc1c(C)n(C)c2c(N)cc(Br)cc12. The van der Waals surface area contributed by atoms with E-state index in [9.17, 15) is 0 Å². The number of nitrogens with zero attached hydrogens (tertiary/aromatic N) is 1. The van der Waals surface area contributed by atoms with Gasteiger partial charge in [-0.3, -0.25) is 0 Å². The van der Waals surface area contributed by atoms with E-state index in [1.807, 2.05) is 6.07 Å². The van der Waals surface area contributed by atoms with Crippen molar-refractivity contribution < 1.29 is 0 Å². The van der Waals surface area contributed by atoms with Gasteiger partial charge in [-0.2, -0.15) is 0 Å². The van der Waals surface area contributed by atoms with Gasteiger partial charge in [0.25, 0.3) is 0 Å². The maximum absolute atomic E-state index is 5.99. The van der Waals surface area contributed by atoms with Crippen LogP contribution in [0.1, 0.15) is 11.3 Å². The van der Waals surface area contributed by atoms with E-state index < -0.39 is 0 Å². The van der Waals surface area contributed by atoms with Gasteiger partial charge in [-0.15, -0.1) is 0 Å². The molecule has 0 aliphatic carbocycles. The zero-order chi connectivity index (χ0) is 10.5. The van der Waals surface area contributed by atoms with Crippen LogP contribution in [0.3, 0.4) is 0 Å². The first-order valence-corrected chi connectivity index (χ1v) is 5.32. The zero-order valence-electron chi connectivity index (χ0n) is 8.56. The molecule has 0 bridgehead atoms. The van der Waals surface area contributed by atoms with Crippen molar-refractivity contribution in [2.45, 2.75) is 13.8 Å². The van der Waals surface area contributed by atoms with Gasteiger partial charge in [0.15, 0.2) is 0 Å². The maximum Gasteiger partial charge on any atom is 0.0716 e. The van der Waals surface area contributed by atoms with Crippen LogP contribution >= 0.6 is 15.9 Å². The second-order valence-electron chi connectivity index (χ2n) is 3.66. The number of aromatic nitrogens is 1. The number of hydrogen-bond donors (Lipinski definition) is 1. The molecule has 0 aliphatic heterocycles. The highest BCUT2D eigenvalue weighted by molar-refractivity contribution is 9.10. The van der Waals surface area contributed by atoms with Gasteiger partial charge in [-0.25, -0.2) is 0 Å². The smallest absolute Gasteiger partial charge is 0.0716 e. The summed E-state index contributed by atoms with van der Waals surface area (Å²) in [7, 11) is 2.05. The molecule has 2 aromatic rings. The molecular weight excluding hydrogens is 240 g/mol. The Hall–Kier alpha value is -0.960. The predicted octanol–water partition coefficient (Wildman–Crippen LogP) is 3.14. The lowest BCUT2D eigenvalue weighted by molar-refractivity contribution is 0.911. The first-order valence-electron chi connectivity index (χ1n) is 4.53. The summed E-state index contributed by atoms with van der Waals surface area (Å²) in [6.45, 7) is 4.24. The highest BCUT2D eigenvalue weighted by Gasteiger charge is 2.11.